The second-order valence-electron chi connectivity index (χ2n) is 5.88. The molecule has 10 nitrogen and oxygen atoms in total. The lowest BCUT2D eigenvalue weighted by Crippen LogP contribution is -2.08. The van der Waals surface area contributed by atoms with Crippen LogP contribution >= 0.6 is 0 Å². The summed E-state index contributed by atoms with van der Waals surface area (Å²) in [5.74, 6) is -3.12. The van der Waals surface area contributed by atoms with Crippen LogP contribution in [0.4, 0.5) is 0 Å². The first-order chi connectivity index (χ1) is 13.8. The molecule has 0 spiro atoms. The molecule has 2 aromatic heterocycles. The molecule has 0 amide bonds. The number of benzene rings is 1. The van der Waals surface area contributed by atoms with E-state index >= 15 is 0 Å². The smallest absolute Gasteiger partial charge is 0.354 e. The van der Waals surface area contributed by atoms with Gasteiger partial charge in [0, 0.05) is 10.8 Å². The lowest BCUT2D eigenvalue weighted by molar-refractivity contribution is 0.0519. The van der Waals surface area contributed by atoms with E-state index < -0.39 is 23.6 Å². The average molecular weight is 402 g/mol. The van der Waals surface area contributed by atoms with E-state index in [1.54, 1.807) is 13.8 Å². The Balaban J connectivity index is 2.55. The maximum Gasteiger partial charge on any atom is 0.354 e. The monoisotopic (exact) mass is 402 g/mol. The number of hydrogen-bond donors (Lipinski definition) is 3. The van der Waals surface area contributed by atoms with Crippen LogP contribution in [-0.4, -0.2) is 58.4 Å². The van der Waals surface area contributed by atoms with Crippen LogP contribution in [0.2, 0.25) is 0 Å². The molecule has 0 bridgehead atoms. The first-order valence-electron chi connectivity index (χ1n) is 8.67. The highest BCUT2D eigenvalue weighted by Crippen LogP contribution is 2.44. The molecule has 0 fully saturated rings. The number of methoxy groups -OCH3 is 1. The molecule has 0 atom stereocenters. The zero-order chi connectivity index (χ0) is 21.3. The molecule has 29 heavy (non-hydrogen) atoms. The van der Waals surface area contributed by atoms with Gasteiger partial charge in [0.1, 0.15) is 16.9 Å². The Hall–Kier alpha value is -3.82. The largest absolute Gasteiger partial charge is 0.491 e. The van der Waals surface area contributed by atoms with Gasteiger partial charge in [-0.3, -0.25) is 0 Å². The van der Waals surface area contributed by atoms with Gasteiger partial charge in [-0.2, -0.15) is 0 Å². The van der Waals surface area contributed by atoms with Gasteiger partial charge in [0.15, 0.2) is 11.5 Å². The molecular weight excluding hydrogens is 384 g/mol. The number of rotatable bonds is 7. The minimum atomic E-state index is -1.40. The molecule has 0 radical (unpaired) electrons. The number of hydrogen-bond acceptors (Lipinski definition) is 7. The molecule has 3 N–H and O–H groups in total. The Morgan fingerprint density at radius 3 is 2.34 bits per heavy atom. The van der Waals surface area contributed by atoms with Crippen molar-refractivity contribution in [1.82, 2.24) is 9.97 Å². The van der Waals surface area contributed by atoms with Crippen molar-refractivity contribution in [3.8, 4) is 11.5 Å². The maximum absolute atomic E-state index is 12.2. The van der Waals surface area contributed by atoms with Gasteiger partial charge in [-0.1, -0.05) is 0 Å². The van der Waals surface area contributed by atoms with Gasteiger partial charge in [-0.05, 0) is 26.0 Å². The molecule has 0 aliphatic rings. The molecule has 0 aliphatic heterocycles. The number of aromatic nitrogens is 2. The molecule has 10 heteroatoms. The number of carboxylic acid groups (broad SMARTS) is 2. The summed E-state index contributed by atoms with van der Waals surface area (Å²) in [7, 11) is 1.33. The molecule has 0 unspecified atom stereocenters. The summed E-state index contributed by atoms with van der Waals surface area (Å²) in [4.78, 5) is 42.5. The summed E-state index contributed by atoms with van der Waals surface area (Å²) < 4.78 is 16.1. The summed E-state index contributed by atoms with van der Waals surface area (Å²) in [6.45, 7) is 3.78. The zero-order valence-corrected chi connectivity index (χ0v) is 15.9. The Kier molecular flexibility index (Phi) is 5.26. The third-order valence-corrected chi connectivity index (χ3v) is 4.19. The Labute approximate surface area is 164 Å². The van der Waals surface area contributed by atoms with E-state index in [2.05, 4.69) is 9.97 Å². The maximum atomic E-state index is 12.2. The van der Waals surface area contributed by atoms with Crippen molar-refractivity contribution in [3.63, 3.8) is 0 Å². The van der Waals surface area contributed by atoms with Crippen LogP contribution in [0.1, 0.15) is 45.2 Å². The van der Waals surface area contributed by atoms with E-state index in [0.717, 1.165) is 6.07 Å². The third-order valence-electron chi connectivity index (χ3n) is 4.19. The predicted molar refractivity (Wildman–Crippen MR) is 101 cm³/mol. The Morgan fingerprint density at radius 2 is 1.79 bits per heavy atom. The summed E-state index contributed by atoms with van der Waals surface area (Å²) in [6, 6.07) is 2.42. The summed E-state index contributed by atoms with van der Waals surface area (Å²) in [6.07, 6.45) is 0. The zero-order valence-electron chi connectivity index (χ0n) is 15.9. The van der Waals surface area contributed by atoms with Crippen LogP contribution in [0.3, 0.4) is 0 Å². The average Bonchev–Trinajstić information content (AvgIpc) is 3.12. The van der Waals surface area contributed by atoms with Crippen molar-refractivity contribution in [2.24, 2.45) is 0 Å². The number of carboxylic acids is 2. The summed E-state index contributed by atoms with van der Waals surface area (Å²) in [5.41, 5.74) is -0.466. The van der Waals surface area contributed by atoms with Gasteiger partial charge in [-0.25, -0.2) is 19.4 Å². The molecule has 1 aromatic carbocycles. The number of aromatic amines is 1. The molecule has 0 saturated carbocycles. The second kappa shape index (κ2) is 7.66. The molecule has 0 saturated heterocycles. The number of H-pyrrole nitrogens is 1. The van der Waals surface area contributed by atoms with Crippen LogP contribution in [0.5, 0.6) is 11.5 Å². The van der Waals surface area contributed by atoms with E-state index in [1.165, 1.54) is 13.2 Å². The number of carbonyl (C=O) groups excluding carboxylic acids is 1. The standard InChI is InChI=1S/C19H18N2O8/c1-4-28-15-9-7-11(19(26)29-5-2)21-13(9)12-8(17(22)23)6-10(18(24)25)20-14(12)16(15)27-3/h6-7,21H,4-5H2,1-3H3,(H,22,23)(H,24,25). The summed E-state index contributed by atoms with van der Waals surface area (Å²) in [5, 5.41) is 19.5. The lowest BCUT2D eigenvalue weighted by Gasteiger charge is -2.15. The number of aromatic carboxylic acids is 2. The number of ether oxygens (including phenoxy) is 3. The van der Waals surface area contributed by atoms with E-state index in [1.807, 2.05) is 0 Å². The Morgan fingerprint density at radius 1 is 1.07 bits per heavy atom. The minimum Gasteiger partial charge on any atom is -0.491 e. The van der Waals surface area contributed by atoms with Gasteiger partial charge in [0.25, 0.3) is 0 Å². The fourth-order valence-corrected chi connectivity index (χ4v) is 3.10. The molecule has 3 rings (SSSR count). The first-order valence-corrected chi connectivity index (χ1v) is 8.67. The molecule has 3 aromatic rings. The van der Waals surface area contributed by atoms with Gasteiger partial charge < -0.3 is 29.4 Å². The van der Waals surface area contributed by atoms with Gasteiger partial charge >= 0.3 is 17.9 Å². The van der Waals surface area contributed by atoms with Crippen LogP contribution < -0.4 is 9.47 Å². The van der Waals surface area contributed by atoms with E-state index in [0.29, 0.717) is 5.39 Å². The van der Waals surface area contributed by atoms with Crippen molar-refractivity contribution in [2.75, 3.05) is 20.3 Å². The topological polar surface area (TPSA) is 148 Å². The van der Waals surface area contributed by atoms with E-state index in [4.69, 9.17) is 14.2 Å². The fourth-order valence-electron chi connectivity index (χ4n) is 3.10. The van der Waals surface area contributed by atoms with E-state index in [-0.39, 0.29) is 52.4 Å². The molecule has 152 valence electrons. The normalized spacial score (nSPS) is 10.9. The highest BCUT2D eigenvalue weighted by molar-refractivity contribution is 6.20. The minimum absolute atomic E-state index is 0.0157. The molecular formula is C19H18N2O8. The van der Waals surface area contributed by atoms with Gasteiger partial charge in [0.2, 0.25) is 0 Å². The van der Waals surface area contributed by atoms with Crippen LogP contribution in [0, 0.1) is 0 Å². The van der Waals surface area contributed by atoms with Gasteiger partial charge in [-0.15, -0.1) is 0 Å². The van der Waals surface area contributed by atoms with Crippen molar-refractivity contribution < 1.29 is 38.8 Å². The number of nitrogens with one attached hydrogen (secondary N) is 1. The fraction of sp³-hybridized carbons (Fsp3) is 0.263. The Bertz CT molecular complexity index is 1150. The second-order valence-corrected chi connectivity index (χ2v) is 5.88. The molecule has 0 aliphatic carbocycles. The number of esters is 1. The van der Waals surface area contributed by atoms with Crippen molar-refractivity contribution in [3.05, 3.63) is 29.1 Å². The summed E-state index contributed by atoms with van der Waals surface area (Å²) >= 11 is 0. The van der Waals surface area contributed by atoms with Crippen LogP contribution in [0.15, 0.2) is 12.1 Å². The third kappa shape index (κ3) is 3.28. The van der Waals surface area contributed by atoms with Crippen molar-refractivity contribution in [2.45, 2.75) is 13.8 Å². The number of carbonyl (C=O) groups is 3. The van der Waals surface area contributed by atoms with Crippen LogP contribution in [0.25, 0.3) is 21.8 Å². The van der Waals surface area contributed by atoms with Crippen molar-refractivity contribution >= 4 is 39.7 Å². The highest BCUT2D eigenvalue weighted by atomic mass is 16.5. The van der Waals surface area contributed by atoms with E-state index in [9.17, 15) is 24.6 Å². The van der Waals surface area contributed by atoms with Crippen LogP contribution in [-0.2, 0) is 4.74 Å². The first kappa shape index (κ1) is 19.9. The lowest BCUT2D eigenvalue weighted by atomic mass is 10.0. The number of pyridine rings is 1. The highest BCUT2D eigenvalue weighted by Gasteiger charge is 2.27. The predicted octanol–water partition coefficient (Wildman–Crippen LogP) is 2.70. The number of fused-ring (bicyclic) bond motifs is 3. The van der Waals surface area contributed by atoms with Crippen molar-refractivity contribution in [1.29, 1.82) is 0 Å². The quantitative estimate of drug-likeness (QED) is 0.507. The number of nitrogens with zero attached hydrogens (tertiary/aromatic N) is 1. The SMILES string of the molecule is CCOC(=O)c1cc2c(OCC)c(OC)c3nc(C(=O)O)cc(C(=O)O)c3c2[nH]1. The molecule has 2 heterocycles. The van der Waals surface area contributed by atoms with Gasteiger partial charge in [0.05, 0.1) is 31.4 Å².